The summed E-state index contributed by atoms with van der Waals surface area (Å²) >= 11 is 0. The third kappa shape index (κ3) is 2.01. The molecule has 1 unspecified atom stereocenters. The Hall–Kier alpha value is -2.56. The third-order valence-corrected chi connectivity index (χ3v) is 4.18. The predicted octanol–water partition coefficient (Wildman–Crippen LogP) is 2.99. The van der Waals surface area contributed by atoms with Gasteiger partial charge < -0.3 is 15.5 Å². The van der Waals surface area contributed by atoms with Gasteiger partial charge in [0, 0.05) is 30.2 Å². The normalized spacial score (nSPS) is 20.1. The summed E-state index contributed by atoms with van der Waals surface area (Å²) in [6.45, 7) is 1.49. The Morgan fingerprint density at radius 1 is 1.19 bits per heavy atom. The van der Waals surface area contributed by atoms with Crippen molar-refractivity contribution in [3.8, 4) is 0 Å². The van der Waals surface area contributed by atoms with Gasteiger partial charge in [-0.2, -0.15) is 0 Å². The maximum absolute atomic E-state index is 12.4. The molecule has 1 aromatic carbocycles. The molecule has 21 heavy (non-hydrogen) atoms. The van der Waals surface area contributed by atoms with E-state index in [1.807, 2.05) is 29.3 Å². The topological polar surface area (TPSA) is 57.3 Å². The average molecular weight is 280 g/mol. The van der Waals surface area contributed by atoms with Crippen molar-refractivity contribution in [1.29, 1.82) is 0 Å². The summed E-state index contributed by atoms with van der Waals surface area (Å²) in [5, 5.41) is 6.36. The molecule has 106 valence electrons. The zero-order valence-corrected chi connectivity index (χ0v) is 11.5. The summed E-state index contributed by atoms with van der Waals surface area (Å²) in [5.74, 6) is 0. The molecule has 0 saturated heterocycles. The van der Waals surface area contributed by atoms with E-state index in [1.165, 1.54) is 5.56 Å². The summed E-state index contributed by atoms with van der Waals surface area (Å²) < 4.78 is 0. The van der Waals surface area contributed by atoms with Crippen LogP contribution in [0.3, 0.4) is 0 Å². The number of anilines is 2. The smallest absolute Gasteiger partial charge is 0.322 e. The van der Waals surface area contributed by atoms with Gasteiger partial charge in [-0.3, -0.25) is 4.98 Å². The number of urea groups is 1. The summed E-state index contributed by atoms with van der Waals surface area (Å²) in [4.78, 5) is 18.5. The lowest BCUT2D eigenvalue weighted by Crippen LogP contribution is -2.43. The van der Waals surface area contributed by atoms with Crippen molar-refractivity contribution in [2.45, 2.75) is 19.0 Å². The minimum atomic E-state index is -0.0320. The molecule has 4 rings (SSSR count). The van der Waals surface area contributed by atoms with Gasteiger partial charge >= 0.3 is 6.03 Å². The lowest BCUT2D eigenvalue weighted by atomic mass is 9.95. The first-order valence-corrected chi connectivity index (χ1v) is 7.16. The summed E-state index contributed by atoms with van der Waals surface area (Å²) in [6, 6.07) is 10.1. The minimum Gasteiger partial charge on any atom is -0.385 e. The Kier molecular flexibility index (Phi) is 2.77. The highest BCUT2D eigenvalue weighted by atomic mass is 16.2. The fraction of sp³-hybridized carbons (Fsp3) is 0.250. The van der Waals surface area contributed by atoms with Crippen LogP contribution in [-0.2, 0) is 6.54 Å². The van der Waals surface area contributed by atoms with Crippen LogP contribution in [0.4, 0.5) is 16.2 Å². The highest BCUT2D eigenvalue weighted by molar-refractivity contribution is 5.92. The van der Waals surface area contributed by atoms with E-state index in [2.05, 4.69) is 27.8 Å². The summed E-state index contributed by atoms with van der Waals surface area (Å²) in [6.07, 6.45) is 4.45. The highest BCUT2D eigenvalue weighted by Gasteiger charge is 2.32. The lowest BCUT2D eigenvalue weighted by Gasteiger charge is -2.38. The van der Waals surface area contributed by atoms with Gasteiger partial charge in [-0.05, 0) is 24.1 Å². The monoisotopic (exact) mass is 280 g/mol. The van der Waals surface area contributed by atoms with Crippen molar-refractivity contribution in [2.75, 3.05) is 17.2 Å². The fourth-order valence-corrected chi connectivity index (χ4v) is 3.14. The van der Waals surface area contributed by atoms with Crippen molar-refractivity contribution in [3.05, 3.63) is 53.9 Å². The number of para-hydroxylation sites is 1. The van der Waals surface area contributed by atoms with Crippen LogP contribution in [0, 0.1) is 0 Å². The number of nitrogens with zero attached hydrogens (tertiary/aromatic N) is 2. The van der Waals surface area contributed by atoms with Crippen molar-refractivity contribution < 1.29 is 4.79 Å². The maximum atomic E-state index is 12.4. The molecular formula is C16H16N4O. The Labute approximate surface area is 123 Å². The molecule has 2 aliphatic rings. The summed E-state index contributed by atoms with van der Waals surface area (Å²) in [5.41, 5.74) is 4.24. The van der Waals surface area contributed by atoms with Gasteiger partial charge in [-0.1, -0.05) is 18.2 Å². The van der Waals surface area contributed by atoms with E-state index in [0.717, 1.165) is 29.9 Å². The molecule has 2 aromatic rings. The first-order chi connectivity index (χ1) is 10.3. The van der Waals surface area contributed by atoms with E-state index in [9.17, 15) is 4.79 Å². The van der Waals surface area contributed by atoms with E-state index >= 15 is 0 Å². The van der Waals surface area contributed by atoms with Gasteiger partial charge in [0.15, 0.2) is 0 Å². The second-order valence-corrected chi connectivity index (χ2v) is 5.41. The zero-order valence-electron chi connectivity index (χ0n) is 11.5. The van der Waals surface area contributed by atoms with Crippen LogP contribution in [0.1, 0.15) is 23.6 Å². The van der Waals surface area contributed by atoms with Crippen molar-refractivity contribution in [2.24, 2.45) is 0 Å². The number of benzene rings is 1. The van der Waals surface area contributed by atoms with Crippen LogP contribution in [-0.4, -0.2) is 22.5 Å². The van der Waals surface area contributed by atoms with E-state index in [1.54, 1.807) is 6.20 Å². The number of carbonyl (C=O) groups excluding carboxylic acids is 1. The van der Waals surface area contributed by atoms with Crippen LogP contribution < -0.4 is 10.6 Å². The molecule has 0 aliphatic carbocycles. The molecule has 0 radical (unpaired) electrons. The van der Waals surface area contributed by atoms with Gasteiger partial charge in [0.05, 0.1) is 18.3 Å². The average Bonchev–Trinajstić information content (AvgIpc) is 2.54. The number of hydrogen-bond acceptors (Lipinski definition) is 3. The second-order valence-electron chi connectivity index (χ2n) is 5.41. The third-order valence-electron chi connectivity index (χ3n) is 4.18. The molecule has 2 amide bonds. The molecule has 2 aliphatic heterocycles. The molecular weight excluding hydrogens is 264 g/mol. The van der Waals surface area contributed by atoms with Crippen LogP contribution >= 0.6 is 0 Å². The number of carbonyl (C=O) groups is 1. The minimum absolute atomic E-state index is 0.0320. The lowest BCUT2D eigenvalue weighted by molar-refractivity contribution is 0.177. The van der Waals surface area contributed by atoms with Crippen LogP contribution in [0.2, 0.25) is 0 Å². The van der Waals surface area contributed by atoms with Gasteiger partial charge in [-0.15, -0.1) is 0 Å². The molecule has 0 saturated carbocycles. The standard InChI is InChI=1S/C16H16N4O/c21-16-19-13-5-7-17-9-11(13)10-20(16)15-6-8-18-14-4-2-1-3-12(14)15/h1-5,7,9,15,18H,6,8,10H2,(H,19,21). The quantitative estimate of drug-likeness (QED) is 0.844. The van der Waals surface area contributed by atoms with Gasteiger partial charge in [0.2, 0.25) is 0 Å². The van der Waals surface area contributed by atoms with E-state index < -0.39 is 0 Å². The van der Waals surface area contributed by atoms with E-state index in [0.29, 0.717) is 6.54 Å². The largest absolute Gasteiger partial charge is 0.385 e. The van der Waals surface area contributed by atoms with E-state index in [4.69, 9.17) is 0 Å². The molecule has 3 heterocycles. The number of pyridine rings is 1. The molecule has 5 nitrogen and oxygen atoms in total. The number of nitrogens with one attached hydrogen (secondary N) is 2. The number of hydrogen-bond donors (Lipinski definition) is 2. The molecule has 0 bridgehead atoms. The van der Waals surface area contributed by atoms with Crippen LogP contribution in [0.15, 0.2) is 42.7 Å². The zero-order chi connectivity index (χ0) is 14.2. The first-order valence-electron chi connectivity index (χ1n) is 7.16. The predicted molar refractivity (Wildman–Crippen MR) is 81.1 cm³/mol. The van der Waals surface area contributed by atoms with Crippen molar-refractivity contribution >= 4 is 17.4 Å². The van der Waals surface area contributed by atoms with Crippen molar-refractivity contribution in [1.82, 2.24) is 9.88 Å². The first kappa shape index (κ1) is 12.2. The van der Waals surface area contributed by atoms with Gasteiger partial charge in [0.1, 0.15) is 0 Å². The Balaban J connectivity index is 1.71. The molecule has 1 atom stereocenters. The number of rotatable bonds is 1. The summed E-state index contributed by atoms with van der Waals surface area (Å²) in [7, 11) is 0. The molecule has 1 aromatic heterocycles. The molecule has 0 fully saturated rings. The van der Waals surface area contributed by atoms with Gasteiger partial charge in [0.25, 0.3) is 0 Å². The SMILES string of the molecule is O=C1Nc2ccncc2CN1C1CCNc2ccccc21. The fourth-order valence-electron chi connectivity index (χ4n) is 3.14. The Morgan fingerprint density at radius 3 is 3.05 bits per heavy atom. The molecule has 5 heteroatoms. The van der Waals surface area contributed by atoms with Crippen LogP contribution in [0.5, 0.6) is 0 Å². The van der Waals surface area contributed by atoms with Gasteiger partial charge in [-0.25, -0.2) is 4.79 Å². The number of fused-ring (bicyclic) bond motifs is 2. The van der Waals surface area contributed by atoms with Crippen LogP contribution in [0.25, 0.3) is 0 Å². The second kappa shape index (κ2) is 4.77. The maximum Gasteiger partial charge on any atom is 0.322 e. The molecule has 0 spiro atoms. The number of amides is 2. The number of aromatic nitrogens is 1. The molecule has 2 N–H and O–H groups in total. The van der Waals surface area contributed by atoms with E-state index in [-0.39, 0.29) is 12.1 Å². The Morgan fingerprint density at radius 2 is 2.10 bits per heavy atom. The highest BCUT2D eigenvalue weighted by Crippen LogP contribution is 2.37. The van der Waals surface area contributed by atoms with Crippen molar-refractivity contribution in [3.63, 3.8) is 0 Å². The Bertz CT molecular complexity index is 700.